The Morgan fingerprint density at radius 3 is 2.21 bits per heavy atom. The highest BCUT2D eigenvalue weighted by molar-refractivity contribution is 7.92. The highest BCUT2D eigenvalue weighted by Crippen LogP contribution is 2.32. The minimum atomic E-state index is -4.63. The molecule has 38 heavy (non-hydrogen) atoms. The van der Waals surface area contributed by atoms with Crippen LogP contribution in [0.1, 0.15) is 57.6 Å². The van der Waals surface area contributed by atoms with Gasteiger partial charge in [-0.1, -0.05) is 50.2 Å². The summed E-state index contributed by atoms with van der Waals surface area (Å²) in [6, 6.07) is 12.5. The van der Waals surface area contributed by atoms with Crippen LogP contribution in [0.2, 0.25) is 0 Å². The molecule has 2 aromatic rings. The van der Waals surface area contributed by atoms with Crippen LogP contribution in [-0.4, -0.2) is 50.0 Å². The van der Waals surface area contributed by atoms with Gasteiger partial charge in [0.15, 0.2) is 0 Å². The van der Waals surface area contributed by atoms with Crippen LogP contribution >= 0.6 is 0 Å². The summed E-state index contributed by atoms with van der Waals surface area (Å²) < 4.78 is 65.2. The van der Waals surface area contributed by atoms with Gasteiger partial charge in [-0.15, -0.1) is 0 Å². The van der Waals surface area contributed by atoms with Crippen molar-refractivity contribution in [2.45, 2.75) is 71.3 Å². The summed E-state index contributed by atoms with van der Waals surface area (Å²) in [4.78, 5) is 27.9. The molecule has 0 heterocycles. The van der Waals surface area contributed by atoms with Crippen molar-refractivity contribution in [2.24, 2.45) is 0 Å². The van der Waals surface area contributed by atoms with Crippen molar-refractivity contribution >= 4 is 27.5 Å². The second-order valence-corrected chi connectivity index (χ2v) is 11.1. The number of anilines is 1. The van der Waals surface area contributed by atoms with Crippen LogP contribution in [0.3, 0.4) is 0 Å². The van der Waals surface area contributed by atoms with Gasteiger partial charge < -0.3 is 10.2 Å². The average Bonchev–Trinajstić information content (AvgIpc) is 2.85. The Balaban J connectivity index is 2.24. The molecule has 0 bridgehead atoms. The molecule has 0 fully saturated rings. The highest BCUT2D eigenvalue weighted by Gasteiger charge is 2.32. The summed E-state index contributed by atoms with van der Waals surface area (Å²) in [5, 5.41) is 2.92. The Bertz CT molecular complexity index is 1170. The quantitative estimate of drug-likeness (QED) is 0.378. The molecule has 2 rings (SSSR count). The van der Waals surface area contributed by atoms with Gasteiger partial charge in [-0.3, -0.25) is 13.9 Å². The summed E-state index contributed by atoms with van der Waals surface area (Å²) in [7, 11) is -3.92. The number of carbonyl (C=O) groups is 2. The van der Waals surface area contributed by atoms with Crippen molar-refractivity contribution in [3.8, 4) is 0 Å². The molecular formula is C27H36F3N3O4S. The van der Waals surface area contributed by atoms with E-state index in [1.165, 1.54) is 11.0 Å². The molecule has 11 heteroatoms. The molecule has 7 nitrogen and oxygen atoms in total. The van der Waals surface area contributed by atoms with E-state index in [9.17, 15) is 31.2 Å². The highest BCUT2D eigenvalue weighted by atomic mass is 32.2. The molecule has 0 aromatic heterocycles. The van der Waals surface area contributed by atoms with Crippen molar-refractivity contribution in [2.75, 3.05) is 17.1 Å². The van der Waals surface area contributed by atoms with Gasteiger partial charge in [0, 0.05) is 25.6 Å². The van der Waals surface area contributed by atoms with Gasteiger partial charge in [-0.05, 0) is 49.9 Å². The molecule has 0 saturated carbocycles. The number of sulfonamides is 1. The van der Waals surface area contributed by atoms with Crippen LogP contribution in [0.25, 0.3) is 0 Å². The zero-order chi connectivity index (χ0) is 28.5. The van der Waals surface area contributed by atoms with E-state index in [2.05, 4.69) is 5.32 Å². The van der Waals surface area contributed by atoms with Crippen molar-refractivity contribution < 1.29 is 31.2 Å². The van der Waals surface area contributed by atoms with Crippen LogP contribution in [-0.2, 0) is 32.3 Å². The van der Waals surface area contributed by atoms with Crippen molar-refractivity contribution in [3.63, 3.8) is 0 Å². The Kier molecular flexibility index (Phi) is 11.2. The van der Waals surface area contributed by atoms with Gasteiger partial charge >= 0.3 is 6.18 Å². The van der Waals surface area contributed by atoms with E-state index < -0.39 is 27.8 Å². The summed E-state index contributed by atoms with van der Waals surface area (Å²) in [6.45, 7) is 5.62. The van der Waals surface area contributed by atoms with Gasteiger partial charge in [0.1, 0.15) is 6.04 Å². The molecule has 0 aliphatic rings. The van der Waals surface area contributed by atoms with Gasteiger partial charge in [0.05, 0.1) is 17.5 Å². The first kappa shape index (κ1) is 31.1. The first-order chi connectivity index (χ1) is 17.8. The number of rotatable bonds is 13. The van der Waals surface area contributed by atoms with Crippen LogP contribution in [0.15, 0.2) is 54.6 Å². The summed E-state index contributed by atoms with van der Waals surface area (Å²) >= 11 is 0. The second-order valence-electron chi connectivity index (χ2n) is 9.24. The maximum atomic E-state index is 13.4. The lowest BCUT2D eigenvalue weighted by atomic mass is 10.1. The number of benzene rings is 2. The molecule has 0 radical (unpaired) electrons. The molecule has 0 unspecified atom stereocenters. The van der Waals surface area contributed by atoms with Gasteiger partial charge in [0.2, 0.25) is 21.8 Å². The van der Waals surface area contributed by atoms with E-state index in [0.29, 0.717) is 6.42 Å². The molecule has 210 valence electrons. The predicted molar refractivity (Wildman–Crippen MR) is 142 cm³/mol. The van der Waals surface area contributed by atoms with E-state index in [1.54, 1.807) is 0 Å². The van der Waals surface area contributed by atoms with Crippen molar-refractivity contribution in [1.29, 1.82) is 0 Å². The maximum absolute atomic E-state index is 13.4. The van der Waals surface area contributed by atoms with E-state index in [0.717, 1.165) is 40.7 Å². The van der Waals surface area contributed by atoms with Crippen LogP contribution < -0.4 is 9.62 Å². The molecule has 2 amide bonds. The fraction of sp³-hybridized carbons (Fsp3) is 0.481. The molecule has 2 aromatic carbocycles. The topological polar surface area (TPSA) is 86.8 Å². The zero-order valence-electron chi connectivity index (χ0n) is 22.2. The molecular weight excluding hydrogens is 519 g/mol. The minimum absolute atomic E-state index is 0.0524. The van der Waals surface area contributed by atoms with Crippen LogP contribution in [0, 0.1) is 0 Å². The minimum Gasteiger partial charge on any atom is -0.352 e. The lowest BCUT2D eigenvalue weighted by Crippen LogP contribution is -2.50. The number of carbonyl (C=O) groups excluding carboxylic acids is 2. The Hall–Kier alpha value is -3.08. The number of nitrogens with zero attached hydrogens (tertiary/aromatic N) is 2. The average molecular weight is 556 g/mol. The SMILES string of the molecule is CC[C@@H](C)NC(=O)[C@H](CC)N(Cc1ccccc1)C(=O)CCCN(c1cccc(C(F)(F)F)c1)S(C)(=O)=O. The number of amides is 2. The lowest BCUT2D eigenvalue weighted by Gasteiger charge is -2.32. The van der Waals surface area contributed by atoms with Gasteiger partial charge in [-0.25, -0.2) is 8.42 Å². The van der Waals surface area contributed by atoms with E-state index in [1.807, 2.05) is 51.1 Å². The number of hydrogen-bond acceptors (Lipinski definition) is 4. The number of alkyl halides is 3. The molecule has 1 N–H and O–H groups in total. The Morgan fingerprint density at radius 2 is 1.66 bits per heavy atom. The molecule has 0 aliphatic carbocycles. The number of hydrogen-bond donors (Lipinski definition) is 1. The predicted octanol–water partition coefficient (Wildman–Crippen LogP) is 4.97. The van der Waals surface area contributed by atoms with Gasteiger partial charge in [-0.2, -0.15) is 13.2 Å². The molecule has 0 aliphatic heterocycles. The van der Waals surface area contributed by atoms with E-state index in [-0.39, 0.29) is 49.5 Å². The Labute approximate surface area is 223 Å². The third-order valence-corrected chi connectivity index (χ3v) is 7.39. The third kappa shape index (κ3) is 9.04. The second kappa shape index (κ2) is 13.6. The van der Waals surface area contributed by atoms with Crippen molar-refractivity contribution in [3.05, 3.63) is 65.7 Å². The van der Waals surface area contributed by atoms with E-state index >= 15 is 0 Å². The fourth-order valence-corrected chi connectivity index (χ4v) is 4.94. The molecule has 0 spiro atoms. The normalized spacial score (nSPS) is 13.4. The van der Waals surface area contributed by atoms with Gasteiger partial charge in [0.25, 0.3) is 0 Å². The fourth-order valence-electron chi connectivity index (χ4n) is 3.98. The first-order valence-electron chi connectivity index (χ1n) is 12.6. The maximum Gasteiger partial charge on any atom is 0.416 e. The largest absolute Gasteiger partial charge is 0.416 e. The zero-order valence-corrected chi connectivity index (χ0v) is 23.0. The van der Waals surface area contributed by atoms with E-state index in [4.69, 9.17) is 0 Å². The lowest BCUT2D eigenvalue weighted by molar-refractivity contribution is -0.141. The summed E-state index contributed by atoms with van der Waals surface area (Å²) in [5.74, 6) is -0.620. The standard InChI is InChI=1S/C27H36F3N3O4S/c1-5-20(3)31-26(35)24(6-2)32(19-21-12-8-7-9-13-21)25(34)16-11-17-33(38(4,36)37)23-15-10-14-22(18-23)27(28,29)30/h7-10,12-15,18,20,24H,5-6,11,16-17,19H2,1-4H3,(H,31,35)/t20-,24+/m1/s1. The Morgan fingerprint density at radius 1 is 1.00 bits per heavy atom. The summed E-state index contributed by atoms with van der Waals surface area (Å²) in [5.41, 5.74) is -0.264. The van der Waals surface area contributed by atoms with Crippen LogP contribution in [0.4, 0.5) is 18.9 Å². The first-order valence-corrected chi connectivity index (χ1v) is 14.4. The van der Waals surface area contributed by atoms with Crippen LogP contribution in [0.5, 0.6) is 0 Å². The smallest absolute Gasteiger partial charge is 0.352 e. The molecule has 2 atom stereocenters. The monoisotopic (exact) mass is 555 g/mol. The molecule has 0 saturated heterocycles. The van der Waals surface area contributed by atoms with Crippen molar-refractivity contribution in [1.82, 2.24) is 10.2 Å². The third-order valence-electron chi connectivity index (χ3n) is 6.20. The number of nitrogens with one attached hydrogen (secondary N) is 1. The summed E-state index contributed by atoms with van der Waals surface area (Å²) in [6.07, 6.45) is -2.66. The number of halogens is 3.